The Labute approximate surface area is 108 Å². The summed E-state index contributed by atoms with van der Waals surface area (Å²) in [4.78, 5) is 20.5. The molecule has 1 saturated heterocycles. The highest BCUT2D eigenvalue weighted by Gasteiger charge is 2.32. The van der Waals surface area contributed by atoms with Crippen LogP contribution in [0.2, 0.25) is 0 Å². The number of imidazole rings is 1. The number of halogens is 1. The van der Waals surface area contributed by atoms with Gasteiger partial charge in [-0.3, -0.25) is 4.79 Å². The van der Waals surface area contributed by atoms with Crippen LogP contribution in [0.1, 0.15) is 24.6 Å². The predicted molar refractivity (Wildman–Crippen MR) is 66.9 cm³/mol. The molecule has 2 N–H and O–H groups in total. The highest BCUT2D eigenvalue weighted by molar-refractivity contribution is 9.10. The largest absolute Gasteiger partial charge is 0.481 e. The van der Waals surface area contributed by atoms with Crippen molar-refractivity contribution >= 4 is 21.9 Å². The van der Waals surface area contributed by atoms with Gasteiger partial charge < -0.3 is 15.0 Å². The van der Waals surface area contributed by atoms with Crippen molar-refractivity contribution in [1.82, 2.24) is 14.9 Å². The summed E-state index contributed by atoms with van der Waals surface area (Å²) >= 11 is 3.31. The van der Waals surface area contributed by atoms with Crippen LogP contribution >= 0.6 is 15.9 Å². The number of aromatic nitrogens is 2. The maximum absolute atomic E-state index is 11.0. The van der Waals surface area contributed by atoms with Gasteiger partial charge in [0.1, 0.15) is 10.4 Å². The van der Waals surface area contributed by atoms with Gasteiger partial charge in [0.15, 0.2) is 0 Å². The molecule has 0 aromatic carbocycles. The molecule has 0 radical (unpaired) electrons. The number of carbonyl (C=O) groups is 1. The first-order valence-electron chi connectivity index (χ1n) is 5.67. The maximum Gasteiger partial charge on any atom is 0.304 e. The lowest BCUT2D eigenvalue weighted by atomic mass is 9.88. The Balaban J connectivity index is 2.16. The van der Waals surface area contributed by atoms with Crippen molar-refractivity contribution in [3.8, 4) is 0 Å². The van der Waals surface area contributed by atoms with Gasteiger partial charge in [-0.1, -0.05) is 0 Å². The van der Waals surface area contributed by atoms with Crippen LogP contribution in [0.25, 0.3) is 0 Å². The molecule has 6 heteroatoms. The summed E-state index contributed by atoms with van der Waals surface area (Å²) in [5, 5.41) is 9.01. The molecule has 1 aromatic rings. The normalized spacial score (nSPS) is 22.8. The molecule has 0 saturated carbocycles. The molecule has 0 spiro atoms. The van der Waals surface area contributed by atoms with Crippen molar-refractivity contribution in [2.45, 2.75) is 18.8 Å². The molecule has 2 atom stereocenters. The first-order valence-corrected chi connectivity index (χ1v) is 6.46. The summed E-state index contributed by atoms with van der Waals surface area (Å²) in [7, 11) is 2.07. The number of H-pyrrole nitrogens is 1. The number of nitrogens with one attached hydrogen (secondary N) is 1. The third-order valence-electron chi connectivity index (χ3n) is 3.31. The molecule has 1 aliphatic heterocycles. The molecule has 94 valence electrons. The highest BCUT2D eigenvalue weighted by Crippen LogP contribution is 2.33. The first-order chi connectivity index (χ1) is 8.06. The fourth-order valence-electron chi connectivity index (χ4n) is 2.47. The summed E-state index contributed by atoms with van der Waals surface area (Å²) in [6.45, 7) is 1.97. The average Bonchev–Trinajstić information content (AvgIpc) is 2.84. The van der Waals surface area contributed by atoms with E-state index in [1.807, 2.05) is 0 Å². The molecule has 17 heavy (non-hydrogen) atoms. The van der Waals surface area contributed by atoms with Gasteiger partial charge in [0.05, 0.1) is 12.6 Å². The number of carboxylic acid groups (broad SMARTS) is 1. The molecule has 0 aliphatic carbocycles. The molecule has 1 aromatic heterocycles. The van der Waals surface area contributed by atoms with Crippen molar-refractivity contribution in [2.75, 3.05) is 20.1 Å². The summed E-state index contributed by atoms with van der Waals surface area (Å²) < 4.78 is 0.800. The second-order valence-electron chi connectivity index (χ2n) is 4.63. The number of rotatable bonds is 4. The minimum absolute atomic E-state index is 0.0243. The van der Waals surface area contributed by atoms with E-state index in [0.29, 0.717) is 5.92 Å². The molecule has 1 aliphatic rings. The predicted octanol–water partition coefficient (Wildman–Crippen LogP) is 1.68. The van der Waals surface area contributed by atoms with Gasteiger partial charge >= 0.3 is 5.97 Å². The van der Waals surface area contributed by atoms with Crippen LogP contribution in [0.5, 0.6) is 0 Å². The van der Waals surface area contributed by atoms with Gasteiger partial charge in [-0.05, 0) is 41.9 Å². The SMILES string of the molecule is CN1CCC(C(CC(=O)O)c2ncc(Br)[nH]2)C1. The van der Waals surface area contributed by atoms with Crippen LogP contribution in [-0.4, -0.2) is 46.1 Å². The van der Waals surface area contributed by atoms with Gasteiger partial charge in [0, 0.05) is 12.5 Å². The number of aromatic amines is 1. The van der Waals surface area contributed by atoms with E-state index in [-0.39, 0.29) is 12.3 Å². The Kier molecular flexibility index (Phi) is 3.83. The topological polar surface area (TPSA) is 69.2 Å². The Morgan fingerprint density at radius 3 is 3.06 bits per heavy atom. The monoisotopic (exact) mass is 301 g/mol. The van der Waals surface area contributed by atoms with Crippen molar-refractivity contribution in [3.63, 3.8) is 0 Å². The molecule has 2 unspecified atom stereocenters. The summed E-state index contributed by atoms with van der Waals surface area (Å²) in [5.41, 5.74) is 0. The zero-order chi connectivity index (χ0) is 12.4. The van der Waals surface area contributed by atoms with E-state index in [2.05, 4.69) is 37.8 Å². The third-order valence-corrected chi connectivity index (χ3v) is 3.71. The fraction of sp³-hybridized carbons (Fsp3) is 0.636. The molecular formula is C11H16BrN3O2. The lowest BCUT2D eigenvalue weighted by molar-refractivity contribution is -0.137. The fourth-order valence-corrected chi connectivity index (χ4v) is 2.78. The number of hydrogen-bond donors (Lipinski definition) is 2. The summed E-state index contributed by atoms with van der Waals surface area (Å²) in [5.74, 6) is 0.356. The third kappa shape index (κ3) is 3.07. The van der Waals surface area contributed by atoms with Gasteiger partial charge in [-0.15, -0.1) is 0 Å². The molecule has 0 amide bonds. The number of likely N-dealkylation sites (tertiary alicyclic amines) is 1. The number of nitrogens with zero attached hydrogens (tertiary/aromatic N) is 2. The van der Waals surface area contributed by atoms with Crippen LogP contribution in [0.4, 0.5) is 0 Å². The second kappa shape index (κ2) is 5.18. The second-order valence-corrected chi connectivity index (χ2v) is 5.49. The quantitative estimate of drug-likeness (QED) is 0.888. The number of carboxylic acids is 1. The Bertz CT molecular complexity index is 407. The van der Waals surface area contributed by atoms with Gasteiger partial charge in [0.25, 0.3) is 0 Å². The maximum atomic E-state index is 11.0. The van der Waals surface area contributed by atoms with Gasteiger partial charge in [-0.25, -0.2) is 4.98 Å². The molecule has 5 nitrogen and oxygen atoms in total. The standard InChI is InChI=1S/C11H16BrN3O2/c1-15-3-2-7(6-15)8(4-10(16)17)11-13-5-9(12)14-11/h5,7-8H,2-4,6H2,1H3,(H,13,14)(H,16,17). The van der Waals surface area contributed by atoms with E-state index in [0.717, 1.165) is 29.9 Å². The molecule has 0 bridgehead atoms. The zero-order valence-electron chi connectivity index (χ0n) is 9.69. The van der Waals surface area contributed by atoms with E-state index in [9.17, 15) is 4.79 Å². The van der Waals surface area contributed by atoms with Crippen LogP contribution in [0.15, 0.2) is 10.8 Å². The summed E-state index contributed by atoms with van der Waals surface area (Å²) in [6, 6.07) is 0. The molecule has 2 heterocycles. The Morgan fingerprint density at radius 1 is 1.82 bits per heavy atom. The Hall–Kier alpha value is -0.880. The number of hydrogen-bond acceptors (Lipinski definition) is 3. The van der Waals surface area contributed by atoms with Gasteiger partial charge in [0.2, 0.25) is 0 Å². The lowest BCUT2D eigenvalue weighted by Gasteiger charge is -2.19. The lowest BCUT2D eigenvalue weighted by Crippen LogP contribution is -2.21. The van der Waals surface area contributed by atoms with E-state index in [1.165, 1.54) is 0 Å². The van der Waals surface area contributed by atoms with Crippen molar-refractivity contribution in [3.05, 3.63) is 16.6 Å². The van der Waals surface area contributed by atoms with E-state index in [4.69, 9.17) is 5.11 Å². The van der Waals surface area contributed by atoms with Crippen molar-refractivity contribution in [2.24, 2.45) is 5.92 Å². The Morgan fingerprint density at radius 2 is 2.59 bits per heavy atom. The van der Waals surface area contributed by atoms with E-state index >= 15 is 0 Å². The molecule has 1 fully saturated rings. The van der Waals surface area contributed by atoms with Crippen LogP contribution in [-0.2, 0) is 4.79 Å². The minimum atomic E-state index is -0.767. The molecule has 2 rings (SSSR count). The number of aliphatic carboxylic acids is 1. The van der Waals surface area contributed by atoms with Crippen molar-refractivity contribution in [1.29, 1.82) is 0 Å². The first kappa shape index (κ1) is 12.6. The minimum Gasteiger partial charge on any atom is -0.481 e. The van der Waals surface area contributed by atoms with Gasteiger partial charge in [-0.2, -0.15) is 0 Å². The van der Waals surface area contributed by atoms with E-state index < -0.39 is 5.97 Å². The highest BCUT2D eigenvalue weighted by atomic mass is 79.9. The molecular weight excluding hydrogens is 286 g/mol. The summed E-state index contributed by atoms with van der Waals surface area (Å²) in [6.07, 6.45) is 2.86. The van der Waals surface area contributed by atoms with E-state index in [1.54, 1.807) is 6.20 Å². The van der Waals surface area contributed by atoms with Crippen LogP contribution in [0.3, 0.4) is 0 Å². The average molecular weight is 302 g/mol. The van der Waals surface area contributed by atoms with Crippen LogP contribution < -0.4 is 0 Å². The zero-order valence-corrected chi connectivity index (χ0v) is 11.3. The van der Waals surface area contributed by atoms with Crippen molar-refractivity contribution < 1.29 is 9.90 Å². The van der Waals surface area contributed by atoms with Crippen LogP contribution in [0, 0.1) is 5.92 Å². The smallest absolute Gasteiger partial charge is 0.304 e.